The maximum atomic E-state index is 12.6. The second-order valence-corrected chi connectivity index (χ2v) is 8.54. The van der Waals surface area contributed by atoms with E-state index in [-0.39, 0.29) is 6.54 Å². The molecule has 2 atom stereocenters. The summed E-state index contributed by atoms with van der Waals surface area (Å²) in [6.45, 7) is 9.73. The van der Waals surface area contributed by atoms with E-state index in [1.807, 2.05) is 35.8 Å². The Kier molecular flexibility index (Phi) is 7.19. The number of hydrogen-bond acceptors (Lipinski definition) is 9. The van der Waals surface area contributed by atoms with E-state index in [0.717, 1.165) is 28.8 Å². The summed E-state index contributed by atoms with van der Waals surface area (Å²) in [5, 5.41) is 13.5. The lowest BCUT2D eigenvalue weighted by Crippen LogP contribution is -2.39. The largest absolute Gasteiger partial charge is 0.455 e. The highest BCUT2D eigenvalue weighted by Crippen LogP contribution is 2.30. The molecule has 1 aromatic carbocycles. The Labute approximate surface area is 192 Å². The SMILES string of the molecule is CCNCc1nc2c(N)nc3ccccc3c2n1CC(C)(C)OC(=O)C(C)OC(=O)C(C)O. The molecule has 0 bridgehead atoms. The normalized spacial score (nSPS) is 13.8. The van der Waals surface area contributed by atoms with Crippen molar-refractivity contribution in [1.82, 2.24) is 19.9 Å². The van der Waals surface area contributed by atoms with Crippen LogP contribution in [0.5, 0.6) is 0 Å². The summed E-state index contributed by atoms with van der Waals surface area (Å²) in [4.78, 5) is 33.4. The zero-order chi connectivity index (χ0) is 24.3. The van der Waals surface area contributed by atoms with Gasteiger partial charge in [-0.1, -0.05) is 25.1 Å². The molecule has 10 nitrogen and oxygen atoms in total. The molecule has 0 aliphatic carbocycles. The Morgan fingerprint density at radius 1 is 1.21 bits per heavy atom. The number of aliphatic hydroxyl groups is 1. The maximum absolute atomic E-state index is 12.6. The van der Waals surface area contributed by atoms with Gasteiger partial charge in [-0.3, -0.25) is 0 Å². The van der Waals surface area contributed by atoms with E-state index in [9.17, 15) is 14.7 Å². The van der Waals surface area contributed by atoms with Crippen molar-refractivity contribution < 1.29 is 24.2 Å². The van der Waals surface area contributed by atoms with Crippen molar-refractivity contribution in [3.05, 3.63) is 30.1 Å². The van der Waals surface area contributed by atoms with E-state index in [4.69, 9.17) is 20.2 Å². The molecule has 0 fully saturated rings. The van der Waals surface area contributed by atoms with E-state index < -0.39 is 29.7 Å². The lowest BCUT2D eigenvalue weighted by Gasteiger charge is -2.28. The third-order valence-corrected chi connectivity index (χ3v) is 5.10. The Morgan fingerprint density at radius 3 is 2.58 bits per heavy atom. The lowest BCUT2D eigenvalue weighted by molar-refractivity contribution is -0.179. The van der Waals surface area contributed by atoms with Crippen molar-refractivity contribution in [1.29, 1.82) is 0 Å². The number of rotatable bonds is 9. The summed E-state index contributed by atoms with van der Waals surface area (Å²) in [6.07, 6.45) is -2.49. The van der Waals surface area contributed by atoms with Crippen LogP contribution in [0.4, 0.5) is 5.82 Å². The van der Waals surface area contributed by atoms with Crippen LogP contribution in [0.1, 0.15) is 40.4 Å². The fourth-order valence-electron chi connectivity index (χ4n) is 3.54. The number of nitrogens with two attached hydrogens (primary N) is 1. The van der Waals surface area contributed by atoms with Gasteiger partial charge in [-0.05, 0) is 40.3 Å². The van der Waals surface area contributed by atoms with Crippen LogP contribution in [0.3, 0.4) is 0 Å². The predicted octanol–water partition coefficient (Wildman–Crippen LogP) is 1.91. The number of pyridine rings is 1. The van der Waals surface area contributed by atoms with Crippen molar-refractivity contribution in [2.45, 2.75) is 65.5 Å². The van der Waals surface area contributed by atoms with Crippen LogP contribution < -0.4 is 11.1 Å². The fourth-order valence-corrected chi connectivity index (χ4v) is 3.54. The number of carbonyl (C=O) groups excluding carboxylic acids is 2. The number of nitrogen functional groups attached to an aromatic ring is 1. The van der Waals surface area contributed by atoms with Gasteiger partial charge in [0.15, 0.2) is 11.9 Å². The molecule has 2 unspecified atom stereocenters. The number of fused-ring (bicyclic) bond motifs is 3. The van der Waals surface area contributed by atoms with Gasteiger partial charge in [0.1, 0.15) is 23.0 Å². The lowest BCUT2D eigenvalue weighted by atomic mass is 10.1. The van der Waals surface area contributed by atoms with Gasteiger partial charge in [0, 0.05) is 5.39 Å². The molecule has 178 valence electrons. The number of aromatic nitrogens is 3. The molecule has 4 N–H and O–H groups in total. The van der Waals surface area contributed by atoms with E-state index >= 15 is 0 Å². The molecule has 0 saturated carbocycles. The van der Waals surface area contributed by atoms with Crippen LogP contribution in [0.2, 0.25) is 0 Å². The smallest absolute Gasteiger partial charge is 0.347 e. The molecule has 0 saturated heterocycles. The number of hydrogen-bond donors (Lipinski definition) is 3. The fraction of sp³-hybridized carbons (Fsp3) is 0.478. The van der Waals surface area contributed by atoms with Crippen molar-refractivity contribution in [3.63, 3.8) is 0 Å². The average Bonchev–Trinajstić information content (AvgIpc) is 3.10. The first kappa shape index (κ1) is 24.4. The Bertz CT molecular complexity index is 1170. The Morgan fingerprint density at radius 2 is 1.91 bits per heavy atom. The summed E-state index contributed by atoms with van der Waals surface area (Å²) in [5.41, 5.74) is 7.39. The van der Waals surface area contributed by atoms with Gasteiger partial charge in [-0.2, -0.15) is 0 Å². The summed E-state index contributed by atoms with van der Waals surface area (Å²) >= 11 is 0. The number of imidazole rings is 1. The summed E-state index contributed by atoms with van der Waals surface area (Å²) in [7, 11) is 0. The molecule has 0 aliphatic heterocycles. The van der Waals surface area contributed by atoms with Gasteiger partial charge in [0.25, 0.3) is 0 Å². The number of anilines is 1. The number of benzene rings is 1. The van der Waals surface area contributed by atoms with Gasteiger partial charge in [0.2, 0.25) is 0 Å². The topological polar surface area (TPSA) is 142 Å². The van der Waals surface area contributed by atoms with Crippen molar-refractivity contribution in [2.75, 3.05) is 12.3 Å². The minimum Gasteiger partial charge on any atom is -0.455 e. The number of esters is 2. The highest BCUT2D eigenvalue weighted by Gasteiger charge is 2.31. The standard InChI is InChI=1S/C23H31N5O5/c1-6-25-11-17-27-18-19(15-9-7-8-10-16(15)26-20(18)24)28(17)12-23(4,5)33-22(31)14(3)32-21(30)13(2)29/h7-10,13-14,25,29H,6,11-12H2,1-5H3,(H2,24,26). The molecule has 0 spiro atoms. The third-order valence-electron chi connectivity index (χ3n) is 5.10. The number of para-hydroxylation sites is 1. The first-order valence-corrected chi connectivity index (χ1v) is 10.9. The second kappa shape index (κ2) is 9.72. The average molecular weight is 458 g/mol. The van der Waals surface area contributed by atoms with Crippen molar-refractivity contribution >= 4 is 39.7 Å². The maximum Gasteiger partial charge on any atom is 0.347 e. The molecule has 3 rings (SSSR count). The Hall–Kier alpha value is -3.24. The quantitative estimate of drug-likeness (QED) is 0.411. The molecular weight excluding hydrogens is 426 g/mol. The molecule has 0 radical (unpaired) electrons. The van der Waals surface area contributed by atoms with E-state index in [1.54, 1.807) is 13.8 Å². The van der Waals surface area contributed by atoms with Gasteiger partial charge in [-0.15, -0.1) is 0 Å². The number of nitrogens with zero attached hydrogens (tertiary/aromatic N) is 3. The van der Waals surface area contributed by atoms with E-state index in [1.165, 1.54) is 13.8 Å². The van der Waals surface area contributed by atoms with Crippen molar-refractivity contribution in [2.24, 2.45) is 0 Å². The van der Waals surface area contributed by atoms with Crippen LogP contribution in [-0.2, 0) is 32.2 Å². The van der Waals surface area contributed by atoms with Crippen LogP contribution in [0.25, 0.3) is 21.9 Å². The van der Waals surface area contributed by atoms with E-state index in [2.05, 4.69) is 10.3 Å². The monoisotopic (exact) mass is 457 g/mol. The second-order valence-electron chi connectivity index (χ2n) is 8.54. The van der Waals surface area contributed by atoms with Crippen molar-refractivity contribution in [3.8, 4) is 0 Å². The van der Waals surface area contributed by atoms with Gasteiger partial charge in [0.05, 0.1) is 24.1 Å². The minimum absolute atomic E-state index is 0.278. The van der Waals surface area contributed by atoms with E-state index in [0.29, 0.717) is 17.9 Å². The molecule has 2 aromatic heterocycles. The van der Waals surface area contributed by atoms with Gasteiger partial charge >= 0.3 is 11.9 Å². The summed E-state index contributed by atoms with van der Waals surface area (Å²) < 4.78 is 12.6. The van der Waals surface area contributed by atoms with Crippen LogP contribution in [0, 0.1) is 0 Å². The minimum atomic E-state index is -1.33. The number of nitrogens with one attached hydrogen (secondary N) is 1. The third kappa shape index (κ3) is 5.40. The first-order chi connectivity index (χ1) is 15.5. The zero-order valence-corrected chi connectivity index (χ0v) is 19.6. The summed E-state index contributed by atoms with van der Waals surface area (Å²) in [5.74, 6) is -0.541. The highest BCUT2D eigenvalue weighted by molar-refractivity contribution is 6.06. The first-order valence-electron chi connectivity index (χ1n) is 10.9. The molecule has 10 heteroatoms. The molecule has 33 heavy (non-hydrogen) atoms. The molecule has 0 aliphatic rings. The summed E-state index contributed by atoms with van der Waals surface area (Å²) in [6, 6.07) is 7.65. The zero-order valence-electron chi connectivity index (χ0n) is 19.6. The number of ether oxygens (including phenoxy) is 2. The van der Waals surface area contributed by atoms with Crippen LogP contribution >= 0.6 is 0 Å². The van der Waals surface area contributed by atoms with Gasteiger partial charge in [-0.25, -0.2) is 19.6 Å². The molecular formula is C23H31N5O5. The van der Waals surface area contributed by atoms with Crippen LogP contribution in [0.15, 0.2) is 24.3 Å². The number of carbonyl (C=O) groups is 2. The Balaban J connectivity index is 1.97. The van der Waals surface area contributed by atoms with Gasteiger partial charge < -0.3 is 30.2 Å². The molecule has 0 amide bonds. The molecule has 3 aromatic rings. The van der Waals surface area contributed by atoms with Crippen LogP contribution in [-0.4, -0.2) is 55.9 Å². The highest BCUT2D eigenvalue weighted by atomic mass is 16.6. The molecule has 2 heterocycles. The number of aliphatic hydroxyl groups excluding tert-OH is 1. The predicted molar refractivity (Wildman–Crippen MR) is 124 cm³/mol.